The summed E-state index contributed by atoms with van der Waals surface area (Å²) in [6.45, 7) is 0.662. The number of ether oxygens (including phenoxy) is 2. The van der Waals surface area contributed by atoms with Gasteiger partial charge in [0, 0.05) is 0 Å². The fraction of sp³-hybridized carbons (Fsp3) is 0.533. The number of aliphatic hydroxyl groups excluding tert-OH is 4. The van der Waals surface area contributed by atoms with Crippen LogP contribution < -0.4 is 4.74 Å². The topological polar surface area (TPSA) is 137 Å². The Balaban J connectivity index is 2.54. The largest absolute Gasteiger partial charge is 0.507 e. The van der Waals surface area contributed by atoms with Crippen LogP contribution in [0.4, 0.5) is 0 Å². The smallest absolute Gasteiger partial charge is 0.163 e. The van der Waals surface area contributed by atoms with Crippen LogP contribution in [0, 0.1) is 0 Å². The van der Waals surface area contributed by atoms with E-state index in [0.29, 0.717) is 0 Å². The number of Topliss-reactive ketones (excluding diaryl/α,β-unsaturated/α-hetero) is 1. The van der Waals surface area contributed by atoms with Gasteiger partial charge < -0.3 is 35.0 Å². The average Bonchev–Trinajstić information content (AvgIpc) is 2.53. The zero-order valence-corrected chi connectivity index (χ0v) is 12.7. The standard InChI is InChI=1S/C15H20O8/c1-6(17)7-3-4-8(22-2)10(11(7)18)15-14(21)13(20)12(19)9(5-16)23-15/h3-4,9,12-16,18-21H,5H2,1-2H3/t9-,12-,13+,14-,15+/m1/s1. The molecule has 23 heavy (non-hydrogen) atoms. The number of hydrogen-bond acceptors (Lipinski definition) is 8. The van der Waals surface area contributed by atoms with Crippen molar-refractivity contribution in [3.05, 3.63) is 23.3 Å². The second-order valence-corrected chi connectivity index (χ2v) is 5.38. The van der Waals surface area contributed by atoms with Gasteiger partial charge in [0.15, 0.2) is 5.78 Å². The van der Waals surface area contributed by atoms with Crippen LogP contribution in [0.2, 0.25) is 0 Å². The van der Waals surface area contributed by atoms with E-state index in [1.54, 1.807) is 0 Å². The molecule has 5 atom stereocenters. The van der Waals surface area contributed by atoms with Crippen molar-refractivity contribution in [3.63, 3.8) is 0 Å². The van der Waals surface area contributed by atoms with Crippen molar-refractivity contribution >= 4 is 5.78 Å². The van der Waals surface area contributed by atoms with Gasteiger partial charge in [-0.15, -0.1) is 0 Å². The lowest BCUT2D eigenvalue weighted by Gasteiger charge is -2.40. The van der Waals surface area contributed by atoms with Crippen LogP contribution in [-0.4, -0.2) is 69.4 Å². The summed E-state index contributed by atoms with van der Waals surface area (Å²) in [6, 6.07) is 2.79. The Hall–Kier alpha value is -1.71. The van der Waals surface area contributed by atoms with E-state index in [9.17, 15) is 30.3 Å². The molecular formula is C15H20O8. The molecule has 0 aliphatic carbocycles. The maximum absolute atomic E-state index is 11.6. The van der Waals surface area contributed by atoms with Crippen molar-refractivity contribution in [2.75, 3.05) is 13.7 Å². The van der Waals surface area contributed by atoms with E-state index >= 15 is 0 Å². The van der Waals surface area contributed by atoms with Crippen LogP contribution in [0.3, 0.4) is 0 Å². The first-order valence-corrected chi connectivity index (χ1v) is 7.04. The maximum Gasteiger partial charge on any atom is 0.163 e. The van der Waals surface area contributed by atoms with E-state index in [4.69, 9.17) is 9.47 Å². The van der Waals surface area contributed by atoms with Crippen LogP contribution >= 0.6 is 0 Å². The Morgan fingerprint density at radius 2 is 1.87 bits per heavy atom. The van der Waals surface area contributed by atoms with Crippen molar-refractivity contribution in [3.8, 4) is 11.5 Å². The molecule has 1 saturated heterocycles. The second-order valence-electron chi connectivity index (χ2n) is 5.38. The SMILES string of the molecule is COc1ccc(C(C)=O)c(O)c1[C@@H]1O[C@H](CO)[C@@H](O)[C@H](O)[C@H]1O. The number of ketones is 1. The summed E-state index contributed by atoms with van der Waals surface area (Å²) in [5, 5.41) is 49.5. The van der Waals surface area contributed by atoms with E-state index in [1.165, 1.54) is 26.2 Å². The van der Waals surface area contributed by atoms with Gasteiger partial charge in [0.05, 0.1) is 24.8 Å². The minimum absolute atomic E-state index is 0.00207. The number of carbonyl (C=O) groups excluding carboxylic acids is 1. The Bertz CT molecular complexity index is 585. The minimum atomic E-state index is -1.60. The summed E-state index contributed by atoms with van der Waals surface area (Å²) >= 11 is 0. The lowest BCUT2D eigenvalue weighted by atomic mass is 9.89. The number of rotatable bonds is 4. The summed E-state index contributed by atoms with van der Waals surface area (Å²) in [5.41, 5.74) is -0.0325. The highest BCUT2D eigenvalue weighted by Crippen LogP contribution is 2.43. The molecule has 0 unspecified atom stereocenters. The minimum Gasteiger partial charge on any atom is -0.507 e. The van der Waals surface area contributed by atoms with Crippen molar-refractivity contribution in [1.29, 1.82) is 0 Å². The molecule has 1 aromatic rings. The number of carbonyl (C=O) groups is 1. The molecule has 5 N–H and O–H groups in total. The van der Waals surface area contributed by atoms with Crippen molar-refractivity contribution < 1.29 is 39.8 Å². The van der Waals surface area contributed by atoms with Gasteiger partial charge in [-0.25, -0.2) is 0 Å². The van der Waals surface area contributed by atoms with E-state index in [2.05, 4.69) is 0 Å². The molecule has 0 aromatic heterocycles. The predicted molar refractivity (Wildman–Crippen MR) is 77.4 cm³/mol. The highest BCUT2D eigenvalue weighted by molar-refractivity contribution is 5.97. The summed E-state index contributed by atoms with van der Waals surface area (Å²) < 4.78 is 10.5. The third kappa shape index (κ3) is 3.04. The Labute approximate surface area is 132 Å². The van der Waals surface area contributed by atoms with Gasteiger partial charge in [-0.1, -0.05) is 0 Å². The highest BCUT2D eigenvalue weighted by Gasteiger charge is 2.46. The molecule has 0 amide bonds. The molecule has 1 heterocycles. The molecule has 1 fully saturated rings. The normalized spacial score (nSPS) is 31.0. The third-order valence-corrected chi connectivity index (χ3v) is 3.95. The van der Waals surface area contributed by atoms with Crippen LogP contribution in [0.25, 0.3) is 0 Å². The fourth-order valence-electron chi connectivity index (χ4n) is 2.67. The zero-order valence-electron chi connectivity index (χ0n) is 12.7. The van der Waals surface area contributed by atoms with Crippen molar-refractivity contribution in [2.24, 2.45) is 0 Å². The summed E-state index contributed by atoms with van der Waals surface area (Å²) in [5.74, 6) is -0.714. The van der Waals surface area contributed by atoms with Gasteiger partial charge in [-0.05, 0) is 19.1 Å². The molecule has 8 heteroatoms. The van der Waals surface area contributed by atoms with Gasteiger partial charge in [0.2, 0.25) is 0 Å². The van der Waals surface area contributed by atoms with E-state index in [0.717, 1.165) is 0 Å². The maximum atomic E-state index is 11.6. The molecule has 0 radical (unpaired) electrons. The number of hydrogen-bond donors (Lipinski definition) is 5. The average molecular weight is 328 g/mol. The van der Waals surface area contributed by atoms with Crippen LogP contribution in [0.15, 0.2) is 12.1 Å². The lowest BCUT2D eigenvalue weighted by Crippen LogP contribution is -2.55. The fourth-order valence-corrected chi connectivity index (χ4v) is 2.67. The molecular weight excluding hydrogens is 308 g/mol. The number of methoxy groups -OCH3 is 1. The quantitative estimate of drug-likeness (QED) is 0.449. The number of phenolic OH excluding ortho intramolecular Hbond substituents is 1. The molecule has 1 aliphatic rings. The summed E-state index contributed by atoms with van der Waals surface area (Å²) in [4.78, 5) is 11.6. The van der Waals surface area contributed by atoms with Gasteiger partial charge in [-0.2, -0.15) is 0 Å². The number of aromatic hydroxyl groups is 1. The first-order valence-electron chi connectivity index (χ1n) is 7.04. The molecule has 0 spiro atoms. The molecule has 128 valence electrons. The van der Waals surface area contributed by atoms with E-state index < -0.39 is 48.7 Å². The molecule has 0 bridgehead atoms. The van der Waals surface area contributed by atoms with Crippen LogP contribution in [0.5, 0.6) is 11.5 Å². The van der Waals surface area contributed by atoms with Gasteiger partial charge in [-0.3, -0.25) is 4.79 Å². The van der Waals surface area contributed by atoms with E-state index in [-0.39, 0.29) is 16.9 Å². The third-order valence-electron chi connectivity index (χ3n) is 3.95. The number of phenols is 1. The van der Waals surface area contributed by atoms with Crippen molar-refractivity contribution in [2.45, 2.75) is 37.4 Å². The Morgan fingerprint density at radius 3 is 2.39 bits per heavy atom. The van der Waals surface area contributed by atoms with Crippen LogP contribution in [-0.2, 0) is 4.74 Å². The van der Waals surface area contributed by atoms with Crippen molar-refractivity contribution in [1.82, 2.24) is 0 Å². The van der Waals surface area contributed by atoms with E-state index in [1.807, 2.05) is 0 Å². The zero-order chi connectivity index (χ0) is 17.3. The van der Waals surface area contributed by atoms with Gasteiger partial charge >= 0.3 is 0 Å². The highest BCUT2D eigenvalue weighted by atomic mass is 16.5. The molecule has 8 nitrogen and oxygen atoms in total. The predicted octanol–water partition coefficient (Wildman–Crippen LogP) is -0.882. The second kappa shape index (κ2) is 6.81. The molecule has 0 saturated carbocycles. The lowest BCUT2D eigenvalue weighted by molar-refractivity contribution is -0.232. The first-order chi connectivity index (χ1) is 10.8. The molecule has 1 aromatic carbocycles. The van der Waals surface area contributed by atoms with Crippen LogP contribution in [0.1, 0.15) is 28.9 Å². The Morgan fingerprint density at radius 1 is 1.22 bits per heavy atom. The molecule has 1 aliphatic heterocycles. The molecule has 2 rings (SSSR count). The number of aliphatic hydroxyl groups is 4. The summed E-state index contributed by atoms with van der Waals surface area (Å²) in [6.07, 6.45) is -7.13. The monoisotopic (exact) mass is 328 g/mol. The number of benzene rings is 1. The summed E-state index contributed by atoms with van der Waals surface area (Å²) in [7, 11) is 1.33. The Kier molecular flexibility index (Phi) is 5.23. The van der Waals surface area contributed by atoms with Gasteiger partial charge in [0.1, 0.15) is 42.0 Å². The van der Waals surface area contributed by atoms with Gasteiger partial charge in [0.25, 0.3) is 0 Å². The first kappa shape index (κ1) is 17.6.